The largest absolute Gasteiger partial charge is 1.00 e. The van der Waals surface area contributed by atoms with E-state index >= 15 is 0 Å². The van der Waals surface area contributed by atoms with Crippen LogP contribution in [-0.4, -0.2) is 15.2 Å². The number of fused-ring (bicyclic) bond motifs is 5. The van der Waals surface area contributed by atoms with Crippen molar-refractivity contribution in [2.24, 2.45) is 0 Å². The number of benzene rings is 4. The van der Waals surface area contributed by atoms with Crippen LogP contribution in [-0.2, 0) is 24.7 Å². The van der Waals surface area contributed by atoms with Gasteiger partial charge in [0, 0.05) is 0 Å². The summed E-state index contributed by atoms with van der Waals surface area (Å²) in [4.78, 5) is 0. The van der Waals surface area contributed by atoms with Crippen LogP contribution in [0.2, 0.25) is 0 Å². The fourth-order valence-electron chi connectivity index (χ4n) is 6.37. The Morgan fingerprint density at radius 3 is 1.97 bits per heavy atom. The third-order valence-corrected chi connectivity index (χ3v) is 13.9. The van der Waals surface area contributed by atoms with Crippen LogP contribution in [0.25, 0.3) is 16.7 Å². The molecule has 0 aromatic heterocycles. The van der Waals surface area contributed by atoms with Gasteiger partial charge in [-0.2, -0.15) is 0 Å². The van der Waals surface area contributed by atoms with Gasteiger partial charge in [-0.1, -0.05) is 0 Å². The Bertz CT molecular complexity index is 1490. The van der Waals surface area contributed by atoms with E-state index in [1.807, 2.05) is 7.11 Å². The second-order valence-corrected chi connectivity index (χ2v) is 14.3. The van der Waals surface area contributed by atoms with Crippen LogP contribution in [0.5, 0.6) is 5.75 Å². The summed E-state index contributed by atoms with van der Waals surface area (Å²) in [7, 11) is -0.409. The van der Waals surface area contributed by atoms with E-state index in [4.69, 9.17) is 4.74 Å². The maximum Gasteiger partial charge on any atom is -1.00 e. The van der Waals surface area contributed by atoms with Crippen molar-refractivity contribution >= 4 is 34.4 Å². The van der Waals surface area contributed by atoms with E-state index in [9.17, 15) is 0 Å². The third kappa shape index (κ3) is 3.30. The average molecular weight is 602 g/mol. The van der Waals surface area contributed by atoms with Crippen molar-refractivity contribution in [2.75, 3.05) is 7.11 Å². The van der Waals surface area contributed by atoms with Gasteiger partial charge < -0.3 is 24.8 Å². The molecule has 0 fully saturated rings. The van der Waals surface area contributed by atoms with Gasteiger partial charge in [0.25, 0.3) is 0 Å². The maximum absolute atomic E-state index is 6.35. The van der Waals surface area contributed by atoms with Crippen LogP contribution >= 0.6 is 0 Å². The van der Waals surface area contributed by atoms with Crippen LogP contribution < -0.4 is 50.3 Å². The van der Waals surface area contributed by atoms with Crippen LogP contribution in [0.3, 0.4) is 0 Å². The van der Waals surface area contributed by atoms with Crippen molar-refractivity contribution in [1.29, 1.82) is 0 Å². The van der Waals surface area contributed by atoms with E-state index < -0.39 is 8.07 Å². The molecule has 1 aliphatic heterocycles. The molecule has 0 radical (unpaired) electrons. The molecule has 1 heterocycles. The summed E-state index contributed by atoms with van der Waals surface area (Å²) >= 11 is 1.55. The van der Waals surface area contributed by atoms with Crippen molar-refractivity contribution in [2.45, 2.75) is 10.0 Å². The van der Waals surface area contributed by atoms with E-state index in [-0.39, 0.29) is 24.8 Å². The molecular formula is C31H23Cl2OSiZr. The van der Waals surface area contributed by atoms with Crippen molar-refractivity contribution in [1.82, 2.24) is 0 Å². The topological polar surface area (TPSA) is 9.23 Å². The molecular weight excluding hydrogens is 579 g/mol. The van der Waals surface area contributed by atoms with Crippen molar-refractivity contribution in [3.05, 3.63) is 120 Å². The summed E-state index contributed by atoms with van der Waals surface area (Å²) in [5, 5.41) is 6.19. The van der Waals surface area contributed by atoms with Crippen molar-refractivity contribution < 1.29 is 54.3 Å². The monoisotopic (exact) mass is 599 g/mol. The van der Waals surface area contributed by atoms with Gasteiger partial charge in [0.05, 0.1) is 0 Å². The minimum absolute atomic E-state index is 0. The predicted octanol–water partition coefficient (Wildman–Crippen LogP) is -1.65. The van der Waals surface area contributed by atoms with Gasteiger partial charge in [-0.05, 0) is 0 Å². The molecule has 3 aliphatic rings. The molecule has 5 heteroatoms. The van der Waals surface area contributed by atoms with E-state index in [1.165, 1.54) is 38.2 Å². The van der Waals surface area contributed by atoms with Gasteiger partial charge in [-0.25, -0.2) is 0 Å². The van der Waals surface area contributed by atoms with Gasteiger partial charge in [-0.3, -0.25) is 0 Å². The number of methoxy groups -OCH3 is 1. The Morgan fingerprint density at radius 2 is 1.39 bits per heavy atom. The smallest absolute Gasteiger partial charge is 1.00 e. The second kappa shape index (κ2) is 9.62. The van der Waals surface area contributed by atoms with Gasteiger partial charge in [-0.15, -0.1) is 0 Å². The van der Waals surface area contributed by atoms with Gasteiger partial charge in [0.2, 0.25) is 0 Å². The Hall–Kier alpha value is -2.16. The Kier molecular flexibility index (Phi) is 6.81. The number of hydrogen-bond donors (Lipinski definition) is 0. The maximum atomic E-state index is 6.35. The quantitative estimate of drug-likeness (QED) is 0.225. The van der Waals surface area contributed by atoms with Crippen LogP contribution in [0.4, 0.5) is 0 Å². The molecule has 0 bridgehead atoms. The second-order valence-electron chi connectivity index (χ2n) is 9.27. The van der Waals surface area contributed by atoms with Crippen LogP contribution in [0.1, 0.15) is 26.7 Å². The number of halogens is 2. The van der Waals surface area contributed by atoms with Crippen molar-refractivity contribution in [3.63, 3.8) is 0 Å². The molecule has 1 nitrogen and oxygen atoms in total. The molecule has 175 valence electrons. The molecule has 4 aromatic carbocycles. The zero-order valence-electron chi connectivity index (χ0n) is 19.8. The number of rotatable bonds is 4. The molecule has 36 heavy (non-hydrogen) atoms. The first-order chi connectivity index (χ1) is 16.8. The van der Waals surface area contributed by atoms with E-state index in [0.29, 0.717) is 3.63 Å². The molecule has 1 unspecified atom stereocenters. The Balaban J connectivity index is 0.00000133. The fraction of sp³-hybridized carbons (Fsp3) is 0.0968. The average Bonchev–Trinajstić information content (AvgIpc) is 3.16. The predicted molar refractivity (Wildman–Crippen MR) is 139 cm³/mol. The number of allylic oxidation sites excluding steroid dienone is 4. The first-order valence-corrected chi connectivity index (χ1v) is 15.3. The molecule has 0 saturated carbocycles. The summed E-state index contributed by atoms with van der Waals surface area (Å²) in [6.45, 7) is 0. The zero-order valence-corrected chi connectivity index (χ0v) is 24.7. The standard InChI is InChI=1S/C31H23OSi.2ClH.Zr/c1-32-29-27(21-12-8-9-13-21)31-30(26-20-22-14-10-11-19-25(22)28(26)29)33(31,23-15-4-2-5-16-23)24-17-6-3-7-18-24;;;/h2-12,14-20H,13H2,1H3;2*1H;/q;;;+2/p-2. The Morgan fingerprint density at radius 1 is 0.778 bits per heavy atom. The minimum atomic E-state index is -2.27. The summed E-state index contributed by atoms with van der Waals surface area (Å²) in [5.74, 6) is 1.09. The molecule has 1 atom stereocenters. The molecule has 0 amide bonds. The van der Waals surface area contributed by atoms with E-state index in [1.54, 1.807) is 40.7 Å². The minimum Gasteiger partial charge on any atom is -1.00 e. The van der Waals surface area contributed by atoms with Crippen LogP contribution in [0, 0.1) is 0 Å². The summed E-state index contributed by atoms with van der Waals surface area (Å²) in [6, 6.07) is 31.6. The number of ether oxygens (including phenoxy) is 1. The number of hydrogen-bond acceptors (Lipinski definition) is 1. The Labute approximate surface area is 241 Å². The first-order valence-electron chi connectivity index (χ1n) is 11.8. The first kappa shape index (κ1) is 25.5. The van der Waals surface area contributed by atoms with E-state index in [0.717, 1.165) is 12.2 Å². The summed E-state index contributed by atoms with van der Waals surface area (Å²) in [6.07, 6.45) is 7.74. The molecule has 2 aliphatic carbocycles. The SMILES string of the molecule is COc1c(C2=CC=CC2)c2c(c3c1-c1ccccc1[CH]3[Zr+2])[Si]2(c1ccccc1)c1ccccc1.[Cl-].[Cl-]. The normalized spacial score (nSPS) is 17.2. The van der Waals surface area contributed by atoms with Gasteiger partial charge in [0.15, 0.2) is 0 Å². The zero-order chi connectivity index (χ0) is 22.9. The molecule has 0 N–H and O–H groups in total. The third-order valence-electron chi connectivity index (χ3n) is 7.72. The summed E-state index contributed by atoms with van der Waals surface area (Å²) in [5.41, 5.74) is 8.47. The van der Waals surface area contributed by atoms with Crippen LogP contribution in [0.15, 0.2) is 103 Å². The molecule has 0 spiro atoms. The van der Waals surface area contributed by atoms with Gasteiger partial charge in [0.1, 0.15) is 0 Å². The van der Waals surface area contributed by atoms with E-state index in [2.05, 4.69) is 103 Å². The molecule has 0 saturated heterocycles. The molecule has 7 rings (SSSR count). The summed E-state index contributed by atoms with van der Waals surface area (Å²) < 4.78 is 6.80. The van der Waals surface area contributed by atoms with Gasteiger partial charge >= 0.3 is 218 Å². The fourth-order valence-corrected chi connectivity index (χ4v) is 13.4. The van der Waals surface area contributed by atoms with Crippen molar-refractivity contribution in [3.8, 4) is 16.9 Å². The molecule has 4 aromatic rings.